The molecule has 0 fully saturated rings. The molecule has 0 radical (unpaired) electrons. The van der Waals surface area contributed by atoms with Gasteiger partial charge in [0.1, 0.15) is 0 Å². The van der Waals surface area contributed by atoms with Crippen molar-refractivity contribution in [1.82, 2.24) is 10.2 Å². The summed E-state index contributed by atoms with van der Waals surface area (Å²) in [5.41, 5.74) is 6.58. The molecule has 0 bridgehead atoms. The molecule has 0 saturated heterocycles. The van der Waals surface area contributed by atoms with Crippen molar-refractivity contribution in [2.75, 3.05) is 5.32 Å². The number of rotatable bonds is 4. The highest BCUT2D eigenvalue weighted by molar-refractivity contribution is 5.93. The molecular weight excluding hydrogens is 192 g/mol. The van der Waals surface area contributed by atoms with Gasteiger partial charge in [-0.3, -0.25) is 9.89 Å². The predicted octanol–water partition coefficient (Wildman–Crippen LogP) is 1.21. The lowest BCUT2D eigenvalue weighted by molar-refractivity contribution is -0.117. The highest BCUT2D eigenvalue weighted by Crippen LogP contribution is 2.14. The Bertz CT molecular complexity index is 332. The number of anilines is 1. The first kappa shape index (κ1) is 11.7. The zero-order valence-electron chi connectivity index (χ0n) is 9.37. The molecule has 0 saturated carbocycles. The Morgan fingerprint density at radius 2 is 2.33 bits per heavy atom. The van der Waals surface area contributed by atoms with E-state index in [0.717, 1.165) is 5.69 Å². The molecule has 1 atom stereocenters. The van der Waals surface area contributed by atoms with Crippen molar-refractivity contribution in [3.05, 3.63) is 11.8 Å². The van der Waals surface area contributed by atoms with E-state index >= 15 is 0 Å². The minimum atomic E-state index is -0.468. The fourth-order valence-electron chi connectivity index (χ4n) is 1.10. The molecule has 84 valence electrons. The second-order valence-electron chi connectivity index (χ2n) is 3.87. The van der Waals surface area contributed by atoms with Crippen LogP contribution in [0.25, 0.3) is 0 Å². The maximum atomic E-state index is 11.4. The Hall–Kier alpha value is -1.36. The van der Waals surface area contributed by atoms with Gasteiger partial charge in [-0.05, 0) is 12.3 Å². The van der Waals surface area contributed by atoms with Gasteiger partial charge < -0.3 is 11.1 Å². The second kappa shape index (κ2) is 4.93. The van der Waals surface area contributed by atoms with Gasteiger partial charge in [0.2, 0.25) is 5.91 Å². The van der Waals surface area contributed by atoms with Crippen molar-refractivity contribution in [1.29, 1.82) is 0 Å². The number of carbonyl (C=O) groups excluding carboxylic acids is 1. The van der Waals surface area contributed by atoms with E-state index in [1.807, 2.05) is 13.0 Å². The van der Waals surface area contributed by atoms with Crippen molar-refractivity contribution >= 4 is 11.7 Å². The topological polar surface area (TPSA) is 83.8 Å². The lowest BCUT2D eigenvalue weighted by Crippen LogP contribution is -2.34. The molecule has 1 amide bonds. The van der Waals surface area contributed by atoms with E-state index < -0.39 is 6.04 Å². The zero-order valence-corrected chi connectivity index (χ0v) is 9.37. The van der Waals surface area contributed by atoms with Crippen LogP contribution in [0.3, 0.4) is 0 Å². The van der Waals surface area contributed by atoms with Crippen molar-refractivity contribution in [3.63, 3.8) is 0 Å². The van der Waals surface area contributed by atoms with E-state index in [-0.39, 0.29) is 5.91 Å². The van der Waals surface area contributed by atoms with E-state index in [9.17, 15) is 4.79 Å². The van der Waals surface area contributed by atoms with Crippen LogP contribution >= 0.6 is 0 Å². The third kappa shape index (κ3) is 3.06. The number of nitrogens with two attached hydrogens (primary N) is 1. The van der Waals surface area contributed by atoms with Gasteiger partial charge in [0, 0.05) is 11.8 Å². The van der Waals surface area contributed by atoms with Crippen LogP contribution in [0, 0.1) is 0 Å². The molecule has 1 aromatic heterocycles. The van der Waals surface area contributed by atoms with Gasteiger partial charge in [-0.1, -0.05) is 20.8 Å². The van der Waals surface area contributed by atoms with E-state index in [2.05, 4.69) is 29.4 Å². The minimum absolute atomic E-state index is 0.195. The summed E-state index contributed by atoms with van der Waals surface area (Å²) in [4.78, 5) is 11.4. The molecule has 1 rings (SSSR count). The average molecular weight is 210 g/mol. The van der Waals surface area contributed by atoms with Gasteiger partial charge in [-0.25, -0.2) is 0 Å². The smallest absolute Gasteiger partial charge is 0.242 e. The number of amides is 1. The third-order valence-electron chi connectivity index (χ3n) is 2.25. The molecule has 0 aliphatic rings. The molecule has 15 heavy (non-hydrogen) atoms. The number of aromatic nitrogens is 2. The second-order valence-corrected chi connectivity index (χ2v) is 3.87. The molecular formula is C10H18N4O. The fourth-order valence-corrected chi connectivity index (χ4v) is 1.10. The van der Waals surface area contributed by atoms with Gasteiger partial charge >= 0.3 is 0 Å². The molecule has 1 heterocycles. The van der Waals surface area contributed by atoms with Crippen molar-refractivity contribution in [2.24, 2.45) is 5.73 Å². The maximum Gasteiger partial charge on any atom is 0.242 e. The number of carbonyl (C=O) groups is 1. The van der Waals surface area contributed by atoms with Gasteiger partial charge in [-0.15, -0.1) is 0 Å². The normalized spacial score (nSPS) is 12.9. The Morgan fingerprint density at radius 3 is 2.80 bits per heavy atom. The summed E-state index contributed by atoms with van der Waals surface area (Å²) < 4.78 is 0. The summed E-state index contributed by atoms with van der Waals surface area (Å²) in [6, 6.07) is 1.36. The van der Waals surface area contributed by atoms with Crippen LogP contribution in [0.1, 0.15) is 38.8 Å². The van der Waals surface area contributed by atoms with Gasteiger partial charge in [-0.2, -0.15) is 5.10 Å². The van der Waals surface area contributed by atoms with Crippen LogP contribution in [0.15, 0.2) is 6.07 Å². The SMILES string of the molecule is CC[C@@H](N)C(=O)Nc1cc(C(C)C)[nH]n1. The molecule has 5 nitrogen and oxygen atoms in total. The molecule has 1 aromatic rings. The molecule has 0 aliphatic carbocycles. The van der Waals surface area contributed by atoms with Gasteiger partial charge in [0.05, 0.1) is 6.04 Å². The van der Waals surface area contributed by atoms with E-state index in [4.69, 9.17) is 5.73 Å². The highest BCUT2D eigenvalue weighted by Gasteiger charge is 2.13. The van der Waals surface area contributed by atoms with E-state index in [0.29, 0.717) is 18.2 Å². The largest absolute Gasteiger partial charge is 0.320 e. The first-order valence-corrected chi connectivity index (χ1v) is 5.16. The molecule has 0 spiro atoms. The first-order valence-electron chi connectivity index (χ1n) is 5.16. The Morgan fingerprint density at radius 1 is 1.67 bits per heavy atom. The predicted molar refractivity (Wildman–Crippen MR) is 59.6 cm³/mol. The van der Waals surface area contributed by atoms with E-state index in [1.54, 1.807) is 0 Å². The quantitative estimate of drug-likeness (QED) is 0.698. The number of nitrogens with zero attached hydrogens (tertiary/aromatic N) is 1. The number of nitrogens with one attached hydrogen (secondary N) is 2. The number of hydrogen-bond donors (Lipinski definition) is 3. The zero-order chi connectivity index (χ0) is 11.4. The van der Waals surface area contributed by atoms with E-state index in [1.165, 1.54) is 0 Å². The number of aromatic amines is 1. The first-order chi connectivity index (χ1) is 7.04. The van der Waals surface area contributed by atoms with Crippen molar-refractivity contribution < 1.29 is 4.79 Å². The number of H-pyrrole nitrogens is 1. The third-order valence-corrected chi connectivity index (χ3v) is 2.25. The lowest BCUT2D eigenvalue weighted by Gasteiger charge is -2.06. The Kier molecular flexibility index (Phi) is 3.85. The average Bonchev–Trinajstić information content (AvgIpc) is 2.65. The van der Waals surface area contributed by atoms with Crippen LogP contribution in [0.2, 0.25) is 0 Å². The van der Waals surface area contributed by atoms with Crippen LogP contribution < -0.4 is 11.1 Å². The molecule has 0 unspecified atom stereocenters. The highest BCUT2D eigenvalue weighted by atomic mass is 16.2. The number of hydrogen-bond acceptors (Lipinski definition) is 3. The molecule has 5 heteroatoms. The summed E-state index contributed by atoms with van der Waals surface area (Å²) in [5.74, 6) is 0.704. The molecule has 4 N–H and O–H groups in total. The van der Waals surface area contributed by atoms with Crippen LogP contribution in [-0.2, 0) is 4.79 Å². The van der Waals surface area contributed by atoms with Crippen molar-refractivity contribution in [3.8, 4) is 0 Å². The van der Waals surface area contributed by atoms with Crippen molar-refractivity contribution in [2.45, 2.75) is 39.2 Å². The Labute approximate surface area is 89.4 Å². The summed E-state index contributed by atoms with van der Waals surface area (Å²) in [6.45, 7) is 5.97. The van der Waals surface area contributed by atoms with Crippen LogP contribution in [0.5, 0.6) is 0 Å². The standard InChI is InChI=1S/C10H18N4O/c1-4-7(11)10(15)12-9-5-8(6(2)3)13-14-9/h5-7H,4,11H2,1-3H3,(H2,12,13,14,15)/t7-/m1/s1. The van der Waals surface area contributed by atoms with Crippen LogP contribution in [0.4, 0.5) is 5.82 Å². The van der Waals surface area contributed by atoms with Gasteiger partial charge in [0.25, 0.3) is 0 Å². The van der Waals surface area contributed by atoms with Crippen LogP contribution in [-0.4, -0.2) is 22.1 Å². The minimum Gasteiger partial charge on any atom is -0.320 e. The monoisotopic (exact) mass is 210 g/mol. The fraction of sp³-hybridized carbons (Fsp3) is 0.600. The van der Waals surface area contributed by atoms with Gasteiger partial charge in [0.15, 0.2) is 5.82 Å². The molecule has 0 aromatic carbocycles. The summed E-state index contributed by atoms with van der Waals surface area (Å²) in [6.07, 6.45) is 0.618. The summed E-state index contributed by atoms with van der Waals surface area (Å²) in [5, 5.41) is 9.51. The maximum absolute atomic E-state index is 11.4. The molecule has 0 aliphatic heterocycles. The summed E-state index contributed by atoms with van der Waals surface area (Å²) in [7, 11) is 0. The lowest BCUT2D eigenvalue weighted by atomic mass is 10.1. The summed E-state index contributed by atoms with van der Waals surface area (Å²) >= 11 is 0. The Balaban J connectivity index is 2.61.